The van der Waals surface area contributed by atoms with Crippen LogP contribution in [0.1, 0.15) is 18.9 Å². The van der Waals surface area contributed by atoms with E-state index in [4.69, 9.17) is 22.5 Å². The number of nitrogens with zero attached hydrogens (tertiary/aromatic N) is 4. The molecule has 3 atom stereocenters. The molecule has 2 aliphatic rings. The average Bonchev–Trinajstić information content (AvgIpc) is 3.08. The Hall–Kier alpha value is -2.33. The number of anilines is 2. The second-order valence-electron chi connectivity index (χ2n) is 9.42. The van der Waals surface area contributed by atoms with Crippen LogP contribution in [-0.2, 0) is 6.54 Å². The number of thiol groups is 1. The van der Waals surface area contributed by atoms with Gasteiger partial charge in [0.1, 0.15) is 18.0 Å². The molecule has 0 N–H and O–H groups in total. The van der Waals surface area contributed by atoms with Crippen LogP contribution in [0.4, 0.5) is 16.3 Å². The number of hydrogen-bond donors (Lipinski definition) is 1. The van der Waals surface area contributed by atoms with Gasteiger partial charge in [0.2, 0.25) is 0 Å². The van der Waals surface area contributed by atoms with Crippen molar-refractivity contribution in [3.8, 4) is 16.9 Å². The smallest absolute Gasteiger partial charge is 0.335 e. The highest BCUT2D eigenvalue weighted by atomic mass is 32.1. The lowest BCUT2D eigenvalue weighted by Crippen LogP contribution is -2.40. The Bertz CT molecular complexity index is 1260. The quantitative estimate of drug-likeness (QED) is 0.397. The number of carbonyl (C=O) groups excluding carboxylic acids is 1. The van der Waals surface area contributed by atoms with Gasteiger partial charge in [0.25, 0.3) is 0 Å². The van der Waals surface area contributed by atoms with Gasteiger partial charge in [-0.1, -0.05) is 62.2 Å². The maximum absolute atomic E-state index is 13.9. The summed E-state index contributed by atoms with van der Waals surface area (Å²) >= 11 is 4.81. The summed E-state index contributed by atoms with van der Waals surface area (Å²) < 4.78 is 7.36. The molecule has 0 saturated carbocycles. The number of urea groups is 1. The highest BCUT2D eigenvalue weighted by Gasteiger charge is 2.35. The van der Waals surface area contributed by atoms with Crippen LogP contribution in [-0.4, -0.2) is 47.3 Å². The van der Waals surface area contributed by atoms with E-state index in [0.717, 1.165) is 53.1 Å². The minimum absolute atomic E-state index is 0.102. The van der Waals surface area contributed by atoms with E-state index < -0.39 is 0 Å². The predicted molar refractivity (Wildman–Crippen MR) is 153 cm³/mol. The Kier molecular flexibility index (Phi) is 6.94. The maximum Gasteiger partial charge on any atom is 0.335 e. The van der Waals surface area contributed by atoms with Gasteiger partial charge in [0.05, 0.1) is 13.1 Å². The molecule has 3 unspecified atom stereocenters. The molecule has 2 aliphatic heterocycles. The monoisotopic (exact) mass is 524 g/mol. The van der Waals surface area contributed by atoms with Crippen molar-refractivity contribution in [1.29, 1.82) is 0 Å². The summed E-state index contributed by atoms with van der Waals surface area (Å²) in [5, 5.41) is 1.15. The van der Waals surface area contributed by atoms with Crippen LogP contribution in [0.5, 0.6) is 5.75 Å². The van der Waals surface area contributed by atoms with E-state index >= 15 is 0 Å². The molecule has 1 saturated heterocycles. The number of rotatable bonds is 3. The van der Waals surface area contributed by atoms with Gasteiger partial charge in [-0.15, -0.1) is 18.5 Å². The Labute approximate surface area is 217 Å². The summed E-state index contributed by atoms with van der Waals surface area (Å²) in [4.78, 5) is 22.7. The van der Waals surface area contributed by atoms with Gasteiger partial charge in [-0.25, -0.2) is 14.1 Å². The molecule has 2 aromatic carbocycles. The third-order valence-electron chi connectivity index (χ3n) is 6.58. The van der Waals surface area contributed by atoms with Crippen molar-refractivity contribution in [1.82, 2.24) is 9.88 Å². The highest BCUT2D eigenvalue weighted by molar-refractivity contribution is 7.82. The van der Waals surface area contributed by atoms with Gasteiger partial charge in [0, 0.05) is 35.6 Å². The maximum atomic E-state index is 13.9. The van der Waals surface area contributed by atoms with Crippen molar-refractivity contribution >= 4 is 54.1 Å². The minimum atomic E-state index is -0.196. The van der Waals surface area contributed by atoms with Gasteiger partial charge in [0.15, 0.2) is 5.82 Å². The molecule has 0 aliphatic carbocycles. The summed E-state index contributed by atoms with van der Waals surface area (Å²) in [6.07, 6.45) is 2.86. The van der Waals surface area contributed by atoms with Crippen molar-refractivity contribution < 1.29 is 9.53 Å². The zero-order valence-electron chi connectivity index (χ0n) is 19.7. The van der Waals surface area contributed by atoms with E-state index in [0.29, 0.717) is 25.4 Å². The van der Waals surface area contributed by atoms with Crippen LogP contribution in [0, 0.1) is 0 Å². The number of pyridine rings is 1. The zero-order valence-corrected chi connectivity index (χ0v) is 22.9. The number of para-hydroxylation sites is 1. The summed E-state index contributed by atoms with van der Waals surface area (Å²) in [5.41, 5.74) is 3.64. The van der Waals surface area contributed by atoms with Crippen molar-refractivity contribution in [3.05, 3.63) is 66.4 Å². The first-order valence-corrected chi connectivity index (χ1v) is 13.3. The van der Waals surface area contributed by atoms with Crippen molar-refractivity contribution in [2.24, 2.45) is 0 Å². The Morgan fingerprint density at radius 2 is 1.89 bits per heavy atom. The molecular formula is C26H30N4O2P2S. The molecule has 3 heterocycles. The number of hydrogen-bond acceptors (Lipinski definition) is 5. The van der Waals surface area contributed by atoms with Crippen molar-refractivity contribution in [3.63, 3.8) is 0 Å². The molecule has 182 valence electrons. The fraction of sp³-hybridized carbons (Fsp3) is 0.308. The van der Waals surface area contributed by atoms with E-state index in [1.165, 1.54) is 4.31 Å². The van der Waals surface area contributed by atoms with E-state index in [2.05, 4.69) is 36.4 Å². The van der Waals surface area contributed by atoms with Crippen LogP contribution in [0.2, 0.25) is 0 Å². The van der Waals surface area contributed by atoms with Crippen LogP contribution < -0.4 is 19.2 Å². The summed E-state index contributed by atoms with van der Waals surface area (Å²) in [7, 11) is 5.77. The highest BCUT2D eigenvalue weighted by Crippen LogP contribution is 2.42. The Morgan fingerprint density at radius 3 is 2.66 bits per heavy atom. The fourth-order valence-electron chi connectivity index (χ4n) is 4.73. The summed E-state index contributed by atoms with van der Waals surface area (Å²) in [5.74, 6) is 1.60. The van der Waals surface area contributed by atoms with E-state index in [1.807, 2.05) is 54.7 Å². The van der Waals surface area contributed by atoms with Crippen LogP contribution in [0.3, 0.4) is 0 Å². The fourth-order valence-corrected chi connectivity index (χ4v) is 5.76. The number of amides is 2. The standard InChI is InChI=1S/C26H30N4O2P2S/c1-26(34)11-13-29(17-26)24-23(20(10-12-27-24)19-7-3-5-9-22(19)33)30(35)25(31)28-14-15-32-21-8-4-2-6-18(21)16-28/h2-10,12,35H,11,13-17,33-34H2,1H3. The summed E-state index contributed by atoms with van der Waals surface area (Å²) in [6, 6.07) is 17.8. The molecule has 0 bridgehead atoms. The number of fused-ring (bicyclic) bond motifs is 1. The largest absolute Gasteiger partial charge is 0.491 e. The third kappa shape index (κ3) is 5.00. The molecule has 35 heavy (non-hydrogen) atoms. The molecule has 5 rings (SSSR count). The second kappa shape index (κ2) is 9.97. The van der Waals surface area contributed by atoms with Gasteiger partial charge in [-0.3, -0.25) is 0 Å². The first kappa shape index (κ1) is 24.4. The first-order chi connectivity index (χ1) is 16.8. The van der Waals surface area contributed by atoms with Crippen molar-refractivity contribution in [2.45, 2.75) is 25.0 Å². The summed E-state index contributed by atoms with van der Waals surface area (Å²) in [6.45, 7) is 5.31. The molecule has 0 spiro atoms. The number of carbonyl (C=O) groups is 1. The lowest BCUT2D eigenvalue weighted by atomic mass is 10.0. The van der Waals surface area contributed by atoms with E-state index in [1.54, 1.807) is 4.90 Å². The molecule has 9 heteroatoms. The second-order valence-corrected chi connectivity index (χ2v) is 11.8. The average molecular weight is 525 g/mol. The van der Waals surface area contributed by atoms with Crippen LogP contribution in [0.15, 0.2) is 60.8 Å². The molecule has 3 aromatic rings. The zero-order chi connectivity index (χ0) is 24.6. The van der Waals surface area contributed by atoms with Gasteiger partial charge in [-0.2, -0.15) is 0 Å². The third-order valence-corrected chi connectivity index (χ3v) is 7.92. The topological polar surface area (TPSA) is 48.9 Å². The van der Waals surface area contributed by atoms with Gasteiger partial charge >= 0.3 is 6.03 Å². The number of ether oxygens (including phenoxy) is 1. The van der Waals surface area contributed by atoms with E-state index in [-0.39, 0.29) is 11.2 Å². The SMILES string of the molecule is CC1(P)CCN(c2nccc(-c3ccccc3P)c2N(S)C(=O)N2CCOc3ccccc3C2)C1. The van der Waals surface area contributed by atoms with Crippen LogP contribution in [0.25, 0.3) is 11.1 Å². The van der Waals surface area contributed by atoms with Gasteiger partial charge in [-0.05, 0) is 29.4 Å². The molecular weight excluding hydrogens is 494 g/mol. The lowest BCUT2D eigenvalue weighted by Gasteiger charge is -2.31. The number of benzene rings is 2. The van der Waals surface area contributed by atoms with Crippen molar-refractivity contribution in [2.75, 3.05) is 35.4 Å². The molecule has 6 nitrogen and oxygen atoms in total. The Balaban J connectivity index is 1.56. The minimum Gasteiger partial charge on any atom is -0.491 e. The molecule has 1 aromatic heterocycles. The lowest BCUT2D eigenvalue weighted by molar-refractivity contribution is 0.198. The molecule has 2 amide bonds. The van der Waals surface area contributed by atoms with E-state index in [9.17, 15) is 4.79 Å². The Morgan fingerprint density at radius 1 is 1.11 bits per heavy atom. The number of aromatic nitrogens is 1. The normalized spacial score (nSPS) is 19.7. The van der Waals surface area contributed by atoms with Crippen LogP contribution >= 0.6 is 31.3 Å². The molecule has 1 fully saturated rings. The predicted octanol–water partition coefficient (Wildman–Crippen LogP) is 4.76. The van der Waals surface area contributed by atoms with Gasteiger partial charge < -0.3 is 14.5 Å². The molecule has 0 radical (unpaired) electrons. The first-order valence-electron chi connectivity index (χ1n) is 11.7.